The standard InChI is InChI=1S/C21H22N8O3/c30-20(24-15-13-23-29-7-3-4-22-19(15)29)14-12-16-17(25-18(14)27-5-1-2-6-27)26-21(32-16)28-8-10-31-11-9-28/h3-4,7,12-13H,1-2,5-6,8-11H2,(H,24,30). The molecule has 0 unspecified atom stereocenters. The highest BCUT2D eigenvalue weighted by Gasteiger charge is 2.26. The van der Waals surface area contributed by atoms with Crippen molar-refractivity contribution in [3.63, 3.8) is 0 Å². The lowest BCUT2D eigenvalue weighted by Gasteiger charge is -2.24. The van der Waals surface area contributed by atoms with Gasteiger partial charge in [-0.1, -0.05) is 0 Å². The summed E-state index contributed by atoms with van der Waals surface area (Å²) < 4.78 is 13.0. The first-order chi connectivity index (χ1) is 15.8. The average Bonchev–Trinajstić information content (AvgIpc) is 3.58. The highest BCUT2D eigenvalue weighted by atomic mass is 16.5. The molecule has 2 fully saturated rings. The number of nitrogens with one attached hydrogen (secondary N) is 1. The Morgan fingerprint density at radius 3 is 2.75 bits per heavy atom. The Labute approximate surface area is 183 Å². The molecular weight excluding hydrogens is 412 g/mol. The zero-order valence-corrected chi connectivity index (χ0v) is 17.4. The summed E-state index contributed by atoms with van der Waals surface area (Å²) >= 11 is 0. The lowest BCUT2D eigenvalue weighted by atomic mass is 10.2. The second kappa shape index (κ2) is 7.75. The van der Waals surface area contributed by atoms with Gasteiger partial charge in [0, 0.05) is 44.6 Å². The molecule has 2 aliphatic heterocycles. The van der Waals surface area contributed by atoms with E-state index in [1.807, 2.05) is 4.90 Å². The van der Waals surface area contributed by atoms with Gasteiger partial charge in [-0.05, 0) is 18.9 Å². The molecule has 0 atom stereocenters. The van der Waals surface area contributed by atoms with Crippen molar-refractivity contribution < 1.29 is 13.9 Å². The molecule has 0 saturated carbocycles. The van der Waals surface area contributed by atoms with Crippen molar-refractivity contribution in [3.05, 3.63) is 36.3 Å². The van der Waals surface area contributed by atoms with E-state index in [1.165, 1.54) is 0 Å². The van der Waals surface area contributed by atoms with Gasteiger partial charge in [-0.15, -0.1) is 0 Å². The van der Waals surface area contributed by atoms with Gasteiger partial charge in [0.15, 0.2) is 11.2 Å². The maximum Gasteiger partial charge on any atom is 0.300 e. The smallest absolute Gasteiger partial charge is 0.300 e. The predicted octanol–water partition coefficient (Wildman–Crippen LogP) is 1.95. The Morgan fingerprint density at radius 2 is 1.91 bits per heavy atom. The third-order valence-corrected chi connectivity index (χ3v) is 5.81. The number of hydrogen-bond donors (Lipinski definition) is 1. The van der Waals surface area contributed by atoms with Gasteiger partial charge in [0.05, 0.1) is 25.0 Å². The van der Waals surface area contributed by atoms with Gasteiger partial charge in [-0.2, -0.15) is 10.1 Å². The highest BCUT2D eigenvalue weighted by molar-refractivity contribution is 6.10. The van der Waals surface area contributed by atoms with Crippen LogP contribution in [0.2, 0.25) is 0 Å². The molecular formula is C21H22N8O3. The van der Waals surface area contributed by atoms with Crippen LogP contribution >= 0.6 is 0 Å². The molecule has 164 valence electrons. The van der Waals surface area contributed by atoms with E-state index in [1.54, 1.807) is 35.2 Å². The second-order valence-corrected chi connectivity index (χ2v) is 7.87. The minimum absolute atomic E-state index is 0.286. The zero-order chi connectivity index (χ0) is 21.5. The SMILES string of the molecule is O=C(Nc1cnn2cccnc12)c1cc2oc(N3CCOCC3)nc2nc1N1CCCC1. The van der Waals surface area contributed by atoms with E-state index in [0.717, 1.165) is 25.9 Å². The molecule has 11 nitrogen and oxygen atoms in total. The van der Waals surface area contributed by atoms with Crippen molar-refractivity contribution in [3.8, 4) is 0 Å². The van der Waals surface area contributed by atoms with E-state index in [9.17, 15) is 4.79 Å². The number of hydrogen-bond acceptors (Lipinski definition) is 9. The van der Waals surface area contributed by atoms with Crippen LogP contribution in [0.15, 0.2) is 35.1 Å². The number of ether oxygens (including phenoxy) is 1. The number of anilines is 3. The molecule has 0 aliphatic carbocycles. The summed E-state index contributed by atoms with van der Waals surface area (Å²) in [7, 11) is 0. The fourth-order valence-electron chi connectivity index (χ4n) is 4.17. The molecule has 11 heteroatoms. The summed E-state index contributed by atoms with van der Waals surface area (Å²) in [6.07, 6.45) is 7.17. The molecule has 32 heavy (non-hydrogen) atoms. The average molecular weight is 434 g/mol. The number of nitrogens with zero attached hydrogens (tertiary/aromatic N) is 7. The lowest BCUT2D eigenvalue weighted by Crippen LogP contribution is -2.36. The van der Waals surface area contributed by atoms with Gasteiger partial charge >= 0.3 is 0 Å². The zero-order valence-electron chi connectivity index (χ0n) is 17.4. The van der Waals surface area contributed by atoms with Gasteiger partial charge in [-0.3, -0.25) is 4.79 Å². The number of aromatic nitrogens is 5. The second-order valence-electron chi connectivity index (χ2n) is 7.87. The first-order valence-corrected chi connectivity index (χ1v) is 10.8. The molecule has 0 spiro atoms. The van der Waals surface area contributed by atoms with E-state index >= 15 is 0 Å². The molecule has 0 radical (unpaired) electrons. The molecule has 0 aromatic carbocycles. The van der Waals surface area contributed by atoms with Crippen molar-refractivity contribution in [1.82, 2.24) is 24.6 Å². The first kappa shape index (κ1) is 19.0. The number of amides is 1. The van der Waals surface area contributed by atoms with Gasteiger partial charge in [0.25, 0.3) is 11.9 Å². The largest absolute Gasteiger partial charge is 0.422 e. The van der Waals surface area contributed by atoms with Gasteiger partial charge in [0.1, 0.15) is 11.5 Å². The van der Waals surface area contributed by atoms with Crippen molar-refractivity contribution in [2.45, 2.75) is 12.8 Å². The Kier molecular flexibility index (Phi) is 4.60. The van der Waals surface area contributed by atoms with Crippen LogP contribution < -0.4 is 15.1 Å². The number of oxazole rings is 1. The number of carbonyl (C=O) groups is 1. The summed E-state index contributed by atoms with van der Waals surface area (Å²) in [6.45, 7) is 4.39. The van der Waals surface area contributed by atoms with Crippen LogP contribution in [0, 0.1) is 0 Å². The third kappa shape index (κ3) is 3.30. The normalized spacial score (nSPS) is 16.9. The summed E-state index contributed by atoms with van der Waals surface area (Å²) in [4.78, 5) is 31.2. The van der Waals surface area contributed by atoms with Crippen molar-refractivity contribution in [1.29, 1.82) is 0 Å². The van der Waals surface area contributed by atoms with E-state index in [-0.39, 0.29) is 5.91 Å². The number of fused-ring (bicyclic) bond motifs is 2. The summed E-state index contributed by atoms with van der Waals surface area (Å²) in [6, 6.07) is 4.03. The quantitative estimate of drug-likeness (QED) is 0.515. The molecule has 4 aromatic heterocycles. The van der Waals surface area contributed by atoms with Crippen LogP contribution in [-0.2, 0) is 4.74 Å². The van der Waals surface area contributed by atoms with E-state index in [2.05, 4.69) is 25.3 Å². The van der Waals surface area contributed by atoms with Crippen LogP contribution in [0.5, 0.6) is 0 Å². The molecule has 4 aromatic rings. The Bertz CT molecular complexity index is 1290. The van der Waals surface area contributed by atoms with E-state index in [0.29, 0.717) is 66.3 Å². The summed E-state index contributed by atoms with van der Waals surface area (Å²) in [5.74, 6) is 0.338. The fourth-order valence-corrected chi connectivity index (χ4v) is 4.17. The highest BCUT2D eigenvalue weighted by Crippen LogP contribution is 2.30. The van der Waals surface area contributed by atoms with Gasteiger partial charge in [-0.25, -0.2) is 14.5 Å². The lowest BCUT2D eigenvalue weighted by molar-refractivity contribution is 0.102. The number of morpholine rings is 1. The first-order valence-electron chi connectivity index (χ1n) is 10.8. The molecule has 2 aliphatic rings. The van der Waals surface area contributed by atoms with Crippen LogP contribution in [0.1, 0.15) is 23.2 Å². The van der Waals surface area contributed by atoms with E-state index in [4.69, 9.17) is 14.1 Å². The van der Waals surface area contributed by atoms with Crippen molar-refractivity contribution >= 4 is 40.3 Å². The van der Waals surface area contributed by atoms with Crippen LogP contribution in [0.3, 0.4) is 0 Å². The minimum atomic E-state index is -0.286. The van der Waals surface area contributed by atoms with Crippen LogP contribution in [-0.4, -0.2) is 69.9 Å². The predicted molar refractivity (Wildman–Crippen MR) is 117 cm³/mol. The summed E-state index contributed by atoms with van der Waals surface area (Å²) in [5, 5.41) is 7.18. The van der Waals surface area contributed by atoms with E-state index < -0.39 is 0 Å². The molecule has 6 rings (SSSR count). The fraction of sp³-hybridized carbons (Fsp3) is 0.381. The summed E-state index contributed by atoms with van der Waals surface area (Å²) in [5.41, 5.74) is 2.54. The maximum absolute atomic E-state index is 13.4. The van der Waals surface area contributed by atoms with Crippen molar-refractivity contribution in [2.75, 3.05) is 54.5 Å². The molecule has 0 bridgehead atoms. The van der Waals surface area contributed by atoms with Gasteiger partial charge < -0.3 is 24.3 Å². The van der Waals surface area contributed by atoms with Crippen LogP contribution in [0.25, 0.3) is 16.9 Å². The van der Waals surface area contributed by atoms with Crippen LogP contribution in [0.4, 0.5) is 17.5 Å². The molecule has 1 amide bonds. The molecule has 2 saturated heterocycles. The third-order valence-electron chi connectivity index (χ3n) is 5.81. The Morgan fingerprint density at radius 1 is 1.06 bits per heavy atom. The monoisotopic (exact) mass is 434 g/mol. The Balaban J connectivity index is 1.39. The minimum Gasteiger partial charge on any atom is -0.422 e. The molecule has 1 N–H and O–H groups in total. The maximum atomic E-state index is 13.4. The Hall–Kier alpha value is -3.73. The topological polar surface area (TPSA) is 114 Å². The number of pyridine rings is 1. The number of rotatable bonds is 4. The van der Waals surface area contributed by atoms with Crippen molar-refractivity contribution in [2.24, 2.45) is 0 Å². The number of carbonyl (C=O) groups excluding carboxylic acids is 1. The van der Waals surface area contributed by atoms with Gasteiger partial charge in [0.2, 0.25) is 5.65 Å². The molecule has 6 heterocycles.